The maximum atomic E-state index is 12.3. The molecule has 132 valence electrons. The third-order valence-electron chi connectivity index (χ3n) is 3.17. The van der Waals surface area contributed by atoms with E-state index in [4.69, 9.17) is 9.47 Å². The van der Waals surface area contributed by atoms with E-state index in [1.807, 2.05) is 13.8 Å². The summed E-state index contributed by atoms with van der Waals surface area (Å²) in [6, 6.07) is 4.71. The quantitative estimate of drug-likeness (QED) is 0.831. The second-order valence-electron chi connectivity index (χ2n) is 4.62. The smallest absolute Gasteiger partial charge is 0.387 e. The van der Waals surface area contributed by atoms with Gasteiger partial charge in [-0.15, -0.1) is 0 Å². The fraction of sp³-hybridized carbons (Fsp3) is 0.625. The maximum absolute atomic E-state index is 12.3. The van der Waals surface area contributed by atoms with Gasteiger partial charge >= 0.3 is 6.61 Å². The molecule has 0 spiro atoms. The van der Waals surface area contributed by atoms with Gasteiger partial charge in [0, 0.05) is 50.6 Å². The number of alkyl halides is 2. The number of anilines is 1. The lowest BCUT2D eigenvalue weighted by atomic mass is 10.3. The van der Waals surface area contributed by atoms with Gasteiger partial charge in [-0.25, -0.2) is 0 Å². The highest BCUT2D eigenvalue weighted by molar-refractivity contribution is 5.53. The zero-order chi connectivity index (χ0) is 17.1. The molecule has 2 rings (SSSR count). The molecule has 5 nitrogen and oxygen atoms in total. The predicted molar refractivity (Wildman–Crippen MR) is 86.7 cm³/mol. The molecule has 1 heterocycles. The van der Waals surface area contributed by atoms with E-state index < -0.39 is 6.61 Å². The third-order valence-corrected chi connectivity index (χ3v) is 3.17. The monoisotopic (exact) mass is 332 g/mol. The molecule has 0 aliphatic carbocycles. The Balaban J connectivity index is 0.00000127. The van der Waals surface area contributed by atoms with E-state index in [9.17, 15) is 8.78 Å². The van der Waals surface area contributed by atoms with Crippen molar-refractivity contribution < 1.29 is 23.0 Å². The van der Waals surface area contributed by atoms with E-state index in [1.54, 1.807) is 13.1 Å². The van der Waals surface area contributed by atoms with Gasteiger partial charge in [-0.05, 0) is 0 Å². The van der Waals surface area contributed by atoms with Crippen LogP contribution in [0.15, 0.2) is 18.2 Å². The van der Waals surface area contributed by atoms with E-state index in [2.05, 4.69) is 15.0 Å². The van der Waals surface area contributed by atoms with Crippen LogP contribution in [0.2, 0.25) is 0 Å². The SMILES string of the molecule is CC.CNc1cc(OCCN2CCOCC2)cc(OC(F)F)c1. The molecule has 1 fully saturated rings. The zero-order valence-corrected chi connectivity index (χ0v) is 14.0. The first-order valence-corrected chi connectivity index (χ1v) is 7.88. The molecule has 1 aliphatic heterocycles. The Bertz CT molecular complexity index is 441. The molecule has 0 atom stereocenters. The number of hydrogen-bond donors (Lipinski definition) is 1. The molecule has 1 aliphatic rings. The molecule has 23 heavy (non-hydrogen) atoms. The van der Waals surface area contributed by atoms with Crippen molar-refractivity contribution in [2.24, 2.45) is 0 Å². The highest BCUT2D eigenvalue weighted by Crippen LogP contribution is 2.27. The van der Waals surface area contributed by atoms with Crippen LogP contribution in [-0.2, 0) is 4.74 Å². The van der Waals surface area contributed by atoms with Crippen molar-refractivity contribution in [2.75, 3.05) is 51.8 Å². The fourth-order valence-electron chi connectivity index (χ4n) is 2.09. The van der Waals surface area contributed by atoms with Gasteiger partial charge in [0.05, 0.1) is 13.2 Å². The first kappa shape index (κ1) is 19.4. The van der Waals surface area contributed by atoms with Crippen LogP contribution in [0.1, 0.15) is 13.8 Å². The van der Waals surface area contributed by atoms with Crippen molar-refractivity contribution in [2.45, 2.75) is 20.5 Å². The molecule has 0 radical (unpaired) electrons. The summed E-state index contributed by atoms with van der Waals surface area (Å²) in [5, 5.41) is 2.89. The summed E-state index contributed by atoms with van der Waals surface area (Å²) >= 11 is 0. The first-order valence-electron chi connectivity index (χ1n) is 7.88. The van der Waals surface area contributed by atoms with Crippen molar-refractivity contribution in [1.82, 2.24) is 4.90 Å². The highest BCUT2D eigenvalue weighted by Gasteiger charge is 2.11. The molecule has 0 aromatic heterocycles. The molecule has 1 saturated heterocycles. The Labute approximate surface area is 136 Å². The lowest BCUT2D eigenvalue weighted by molar-refractivity contribution is -0.0499. The number of ether oxygens (including phenoxy) is 3. The second-order valence-corrected chi connectivity index (χ2v) is 4.62. The molecule has 0 unspecified atom stereocenters. The Morgan fingerprint density at radius 2 is 1.83 bits per heavy atom. The lowest BCUT2D eigenvalue weighted by Gasteiger charge is -2.26. The standard InChI is InChI=1S/C14H20F2N2O3.C2H6/c1-17-11-8-12(10-13(9-11)21-14(15)16)20-7-4-18-2-5-19-6-3-18;1-2/h8-10,14,17H,2-7H2,1H3;1-2H3. The maximum Gasteiger partial charge on any atom is 0.387 e. The fourth-order valence-corrected chi connectivity index (χ4v) is 2.09. The number of hydrogen-bond acceptors (Lipinski definition) is 5. The summed E-state index contributed by atoms with van der Waals surface area (Å²) in [5.74, 6) is 0.587. The molecule has 0 bridgehead atoms. The molecule has 1 aromatic rings. The van der Waals surface area contributed by atoms with Gasteiger partial charge in [0.2, 0.25) is 0 Å². The van der Waals surface area contributed by atoms with Crippen molar-refractivity contribution in [3.05, 3.63) is 18.2 Å². The average Bonchev–Trinajstić information content (AvgIpc) is 2.57. The Morgan fingerprint density at radius 1 is 1.17 bits per heavy atom. The number of nitrogens with one attached hydrogen (secondary N) is 1. The van der Waals surface area contributed by atoms with Gasteiger partial charge in [0.15, 0.2) is 0 Å². The Hall–Kier alpha value is -1.60. The molecular weight excluding hydrogens is 306 g/mol. The van der Waals surface area contributed by atoms with Gasteiger partial charge in [0.25, 0.3) is 0 Å². The van der Waals surface area contributed by atoms with Crippen molar-refractivity contribution in [3.8, 4) is 11.5 Å². The molecule has 0 saturated carbocycles. The van der Waals surface area contributed by atoms with Crippen molar-refractivity contribution in [1.29, 1.82) is 0 Å². The molecule has 1 aromatic carbocycles. The number of halogens is 2. The summed E-state index contributed by atoms with van der Waals surface area (Å²) in [6.07, 6.45) is 0. The van der Waals surface area contributed by atoms with E-state index in [0.29, 0.717) is 18.0 Å². The van der Waals surface area contributed by atoms with Crippen LogP contribution in [0.4, 0.5) is 14.5 Å². The number of benzene rings is 1. The normalized spacial score (nSPS) is 14.9. The highest BCUT2D eigenvalue weighted by atomic mass is 19.3. The molecular formula is C16H26F2N2O3. The minimum Gasteiger partial charge on any atom is -0.492 e. The summed E-state index contributed by atoms with van der Waals surface area (Å²) in [4.78, 5) is 2.24. The Morgan fingerprint density at radius 3 is 2.43 bits per heavy atom. The van der Waals surface area contributed by atoms with Crippen LogP contribution >= 0.6 is 0 Å². The lowest BCUT2D eigenvalue weighted by Crippen LogP contribution is -2.38. The minimum absolute atomic E-state index is 0.0817. The average molecular weight is 332 g/mol. The summed E-state index contributed by atoms with van der Waals surface area (Å²) < 4.78 is 39.9. The summed E-state index contributed by atoms with van der Waals surface area (Å²) in [7, 11) is 1.71. The van der Waals surface area contributed by atoms with Gasteiger partial charge in [0.1, 0.15) is 18.1 Å². The molecule has 0 amide bonds. The van der Waals surface area contributed by atoms with Crippen LogP contribution in [0.25, 0.3) is 0 Å². The summed E-state index contributed by atoms with van der Waals surface area (Å²) in [6.45, 7) is 5.67. The Kier molecular flexibility index (Phi) is 9.31. The number of morpholine rings is 1. The van der Waals surface area contributed by atoms with Gasteiger partial charge in [-0.2, -0.15) is 8.78 Å². The predicted octanol–water partition coefficient (Wildman–Crippen LogP) is 3.07. The first-order chi connectivity index (χ1) is 11.2. The largest absolute Gasteiger partial charge is 0.492 e. The van der Waals surface area contributed by atoms with Crippen molar-refractivity contribution in [3.63, 3.8) is 0 Å². The molecule has 1 N–H and O–H groups in total. The number of nitrogens with zero attached hydrogens (tertiary/aromatic N) is 1. The van der Waals surface area contributed by atoms with E-state index in [-0.39, 0.29) is 5.75 Å². The number of rotatable bonds is 7. The van der Waals surface area contributed by atoms with E-state index in [1.165, 1.54) is 12.1 Å². The minimum atomic E-state index is -2.85. The van der Waals surface area contributed by atoms with Crippen LogP contribution in [0.3, 0.4) is 0 Å². The third kappa shape index (κ3) is 7.47. The van der Waals surface area contributed by atoms with Gasteiger partial charge in [-0.3, -0.25) is 4.90 Å². The van der Waals surface area contributed by atoms with E-state index in [0.717, 1.165) is 32.8 Å². The zero-order valence-electron chi connectivity index (χ0n) is 14.0. The summed E-state index contributed by atoms with van der Waals surface area (Å²) in [5.41, 5.74) is 0.662. The van der Waals surface area contributed by atoms with Crippen LogP contribution in [-0.4, -0.2) is 58.0 Å². The van der Waals surface area contributed by atoms with Crippen LogP contribution < -0.4 is 14.8 Å². The van der Waals surface area contributed by atoms with E-state index >= 15 is 0 Å². The molecule has 7 heteroatoms. The second kappa shape index (κ2) is 11.0. The van der Waals surface area contributed by atoms with Gasteiger partial charge in [-0.1, -0.05) is 13.8 Å². The van der Waals surface area contributed by atoms with Gasteiger partial charge < -0.3 is 19.5 Å². The van der Waals surface area contributed by atoms with Crippen LogP contribution in [0, 0.1) is 0 Å². The van der Waals surface area contributed by atoms with Crippen molar-refractivity contribution >= 4 is 5.69 Å². The van der Waals surface area contributed by atoms with Crippen LogP contribution in [0.5, 0.6) is 11.5 Å². The topological polar surface area (TPSA) is 43.0 Å².